The zero-order valence-electron chi connectivity index (χ0n) is 33.8. The standard InChI is InChI=1S/C11H28NO2Si.C9H19N2OSi.2C3H3F5NO4S2/c1-7-12(2,3)8-9-13-10-11-14-15(4,5)6;1-10-5-6-11(9-10)7-8-12-13(2,3)4;2*1-2(4,5)14(10,11)9-15(12,13)3(6,7)8/h7-11H2,1-6H3;5-6,9H,7-8H2,1-4H3;2*1H3/q2*+1;2*-1. The number of quaternary nitrogens is 1. The normalized spacial score (nSPS) is 14.0. The number of rotatable bonds is 18. The van der Waals surface area contributed by atoms with Crippen molar-refractivity contribution in [1.82, 2.24) is 4.57 Å². The first-order chi connectivity index (χ1) is 25.2. The lowest BCUT2D eigenvalue weighted by Gasteiger charge is -2.28. The molecule has 0 spiro atoms. The van der Waals surface area contributed by atoms with Gasteiger partial charge < -0.3 is 26.3 Å². The van der Waals surface area contributed by atoms with Gasteiger partial charge in [0.05, 0.1) is 54.1 Å². The van der Waals surface area contributed by atoms with Gasteiger partial charge in [-0.15, -0.1) is 0 Å². The van der Waals surface area contributed by atoms with Gasteiger partial charge in [-0.25, -0.2) is 42.8 Å². The predicted octanol–water partition coefficient (Wildman–Crippen LogP) is 5.42. The lowest BCUT2D eigenvalue weighted by Crippen LogP contribution is -2.42. The van der Waals surface area contributed by atoms with Crippen molar-refractivity contribution in [3.05, 3.63) is 27.0 Å². The first kappa shape index (κ1) is 60.8. The third-order valence-corrected chi connectivity index (χ3v) is 14.3. The summed E-state index contributed by atoms with van der Waals surface area (Å²) in [5.74, 6) is 0. The topological polar surface area (TPSA) is 201 Å². The number of ether oxygens (including phenoxy) is 1. The molecule has 0 aliphatic carbocycles. The van der Waals surface area contributed by atoms with Crippen molar-refractivity contribution in [3.63, 3.8) is 0 Å². The van der Waals surface area contributed by atoms with E-state index in [0.29, 0.717) is 0 Å². The van der Waals surface area contributed by atoms with Crippen molar-refractivity contribution < 1.29 is 100 Å². The third-order valence-electron chi connectivity index (χ3n) is 6.05. The van der Waals surface area contributed by atoms with E-state index < -0.39 is 78.3 Å². The Morgan fingerprint density at radius 3 is 1.28 bits per heavy atom. The van der Waals surface area contributed by atoms with Crippen molar-refractivity contribution in [2.24, 2.45) is 7.05 Å². The van der Waals surface area contributed by atoms with Crippen molar-refractivity contribution in [3.8, 4) is 0 Å². The second-order valence-electron chi connectivity index (χ2n) is 14.4. The third kappa shape index (κ3) is 26.7. The molecule has 350 valence electrons. The predicted molar refractivity (Wildman–Crippen MR) is 198 cm³/mol. The van der Waals surface area contributed by atoms with Crippen molar-refractivity contribution in [2.75, 3.05) is 53.6 Å². The molecule has 0 unspecified atom stereocenters. The molecule has 0 aliphatic heterocycles. The highest BCUT2D eigenvalue weighted by Gasteiger charge is 2.45. The summed E-state index contributed by atoms with van der Waals surface area (Å²) in [6.07, 6.45) is 6.16. The van der Waals surface area contributed by atoms with Crippen molar-refractivity contribution in [1.29, 1.82) is 0 Å². The quantitative estimate of drug-likeness (QED) is 0.0598. The largest absolute Gasteiger partial charge is 0.480 e. The molecule has 0 aromatic carbocycles. The highest BCUT2D eigenvalue weighted by atomic mass is 32.3. The van der Waals surface area contributed by atoms with Crippen LogP contribution in [0, 0.1) is 0 Å². The van der Waals surface area contributed by atoms with E-state index in [1.165, 1.54) is 0 Å². The monoisotopic (exact) mass is 985 g/mol. The van der Waals surface area contributed by atoms with Gasteiger partial charge in [0.2, 0.25) is 6.33 Å². The molecule has 1 aromatic heterocycles. The highest BCUT2D eigenvalue weighted by molar-refractivity contribution is 8.13. The molecule has 0 aliphatic rings. The van der Waals surface area contributed by atoms with E-state index in [1.54, 1.807) is 0 Å². The molecule has 0 saturated heterocycles. The van der Waals surface area contributed by atoms with Crippen molar-refractivity contribution >= 4 is 56.7 Å². The van der Waals surface area contributed by atoms with E-state index in [1.807, 2.05) is 17.8 Å². The Hall–Kier alpha value is -1.50. The van der Waals surface area contributed by atoms with Crippen LogP contribution in [0.2, 0.25) is 39.3 Å². The lowest BCUT2D eigenvalue weighted by molar-refractivity contribution is -0.888. The molecule has 1 heterocycles. The fourth-order valence-electron chi connectivity index (χ4n) is 2.54. The van der Waals surface area contributed by atoms with Crippen LogP contribution >= 0.6 is 0 Å². The molecule has 0 fully saturated rings. The first-order valence-electron chi connectivity index (χ1n) is 16.2. The van der Waals surface area contributed by atoms with Crippen LogP contribution in [-0.4, -0.2) is 134 Å². The van der Waals surface area contributed by atoms with E-state index in [2.05, 4.69) is 77.4 Å². The fourth-order valence-corrected chi connectivity index (χ4v) is 7.73. The number of aryl methyl sites for hydroxylation is 1. The van der Waals surface area contributed by atoms with Crippen LogP contribution < -0.4 is 4.57 Å². The number of aromatic nitrogens is 2. The Labute approximate surface area is 336 Å². The average Bonchev–Trinajstić information content (AvgIpc) is 3.36. The number of alkyl halides is 10. The molecule has 1 rings (SSSR count). The molecular formula is C26H53F10N5O11S4Si2. The van der Waals surface area contributed by atoms with Crippen LogP contribution in [0.3, 0.4) is 0 Å². The number of likely N-dealkylation sites (N-methyl/N-ethyl adjacent to an activating group) is 1. The van der Waals surface area contributed by atoms with Gasteiger partial charge in [0.15, 0.2) is 36.7 Å². The Bertz CT molecular complexity index is 1650. The number of nitrogens with zero attached hydrogens (tertiary/aromatic N) is 5. The van der Waals surface area contributed by atoms with Gasteiger partial charge in [-0.2, -0.15) is 43.9 Å². The van der Waals surface area contributed by atoms with Gasteiger partial charge in [0.25, 0.3) is 0 Å². The van der Waals surface area contributed by atoms with Crippen LogP contribution in [0.4, 0.5) is 43.9 Å². The molecule has 0 radical (unpaired) electrons. The molecule has 0 amide bonds. The van der Waals surface area contributed by atoms with Crippen LogP contribution in [0.5, 0.6) is 0 Å². The minimum atomic E-state index is -6.48. The molecule has 1 aromatic rings. The molecular weight excluding hydrogens is 933 g/mol. The zero-order valence-corrected chi connectivity index (χ0v) is 39.1. The van der Waals surface area contributed by atoms with Gasteiger partial charge >= 0.3 is 21.5 Å². The van der Waals surface area contributed by atoms with Gasteiger partial charge in [-0.1, -0.05) is 0 Å². The average molecular weight is 986 g/mol. The molecule has 32 heteroatoms. The van der Waals surface area contributed by atoms with E-state index in [0.717, 1.165) is 58.8 Å². The van der Waals surface area contributed by atoms with Gasteiger partial charge in [0.1, 0.15) is 45.5 Å². The number of imidazole rings is 1. The van der Waals surface area contributed by atoms with Crippen LogP contribution in [0.25, 0.3) is 8.25 Å². The summed E-state index contributed by atoms with van der Waals surface area (Å²) in [6, 6.07) is 0. The number of sulfonamides is 4. The van der Waals surface area contributed by atoms with Crippen molar-refractivity contribution in [2.45, 2.75) is 88.1 Å². The van der Waals surface area contributed by atoms with E-state index >= 15 is 0 Å². The Kier molecular flexibility index (Phi) is 23.6. The summed E-state index contributed by atoms with van der Waals surface area (Å²) in [4.78, 5) is 0. The Morgan fingerprint density at radius 2 is 1.00 bits per heavy atom. The summed E-state index contributed by atoms with van der Waals surface area (Å²) >= 11 is 0. The van der Waals surface area contributed by atoms with Gasteiger partial charge in [-0.3, -0.25) is 0 Å². The smallest absolute Gasteiger partial charge is 0.423 e. The SMILES string of the molecule is CC(F)(F)S(=O)(=O)[N-]S(=O)(=O)C(F)(F)F.CC(F)(F)S(=O)(=O)[N-]S(=O)(=O)C(F)(F)F.CC[N+](C)(C)CCOCCO[Si](C)(C)C.C[n+]1ccn(CCO[Si](C)(C)C)c1. The fraction of sp³-hybridized carbons (Fsp3) is 0.885. The lowest BCUT2D eigenvalue weighted by atomic mass is 10.4. The van der Waals surface area contributed by atoms with Crippen LogP contribution in [-0.2, 0) is 67.3 Å². The summed E-state index contributed by atoms with van der Waals surface area (Å²) in [6.45, 7) is 21.1. The first-order valence-corrected chi connectivity index (χ1v) is 28.8. The van der Waals surface area contributed by atoms with Crippen LogP contribution in [0.15, 0.2) is 18.7 Å². The molecule has 16 nitrogen and oxygen atoms in total. The maximum atomic E-state index is 12.1. The summed E-state index contributed by atoms with van der Waals surface area (Å²) in [5.41, 5.74) is -12.1. The molecule has 0 atom stereocenters. The second-order valence-corrected chi connectivity index (χ2v) is 30.8. The van der Waals surface area contributed by atoms with Gasteiger partial charge in [0, 0.05) is 13.8 Å². The number of hydrogen-bond acceptors (Lipinski definition) is 11. The van der Waals surface area contributed by atoms with Crippen LogP contribution in [0.1, 0.15) is 20.8 Å². The minimum absolute atomic E-state index is 0.294. The molecule has 0 bridgehead atoms. The highest BCUT2D eigenvalue weighted by Crippen LogP contribution is 2.36. The summed E-state index contributed by atoms with van der Waals surface area (Å²) < 4.78 is 224. The van der Waals surface area contributed by atoms with E-state index in [-0.39, 0.29) is 13.8 Å². The Balaban J connectivity index is -0.000000696. The van der Waals surface area contributed by atoms with E-state index in [9.17, 15) is 77.6 Å². The van der Waals surface area contributed by atoms with Gasteiger partial charge in [-0.05, 0) is 46.2 Å². The maximum Gasteiger partial charge on any atom is 0.480 e. The Morgan fingerprint density at radius 1 is 0.638 bits per heavy atom. The maximum absolute atomic E-state index is 12.1. The number of halogens is 10. The summed E-state index contributed by atoms with van der Waals surface area (Å²) in [7, 11) is -21.3. The zero-order chi connectivity index (χ0) is 47.3. The molecule has 58 heavy (non-hydrogen) atoms. The van der Waals surface area contributed by atoms with E-state index in [4.69, 9.17) is 13.6 Å². The second kappa shape index (κ2) is 22.6. The summed E-state index contributed by atoms with van der Waals surface area (Å²) in [5, 5.41) is -9.41. The number of hydrogen-bond donors (Lipinski definition) is 0. The minimum Gasteiger partial charge on any atom is -0.423 e. The molecule has 0 N–H and O–H groups in total. The molecule has 0 saturated carbocycles.